The van der Waals surface area contributed by atoms with E-state index in [0.29, 0.717) is 6.04 Å². The van der Waals surface area contributed by atoms with Gasteiger partial charge in [-0.2, -0.15) is 0 Å². The van der Waals surface area contributed by atoms with E-state index in [1.165, 1.54) is 14.9 Å². The van der Waals surface area contributed by atoms with Crippen LogP contribution in [0, 0.1) is 13.8 Å². The van der Waals surface area contributed by atoms with Crippen LogP contribution in [0.3, 0.4) is 0 Å². The summed E-state index contributed by atoms with van der Waals surface area (Å²) in [6, 6.07) is 6.97. The lowest BCUT2D eigenvalue weighted by molar-refractivity contribution is 0.531. The van der Waals surface area contributed by atoms with Crippen molar-refractivity contribution in [3.05, 3.63) is 49.9 Å². The van der Waals surface area contributed by atoms with E-state index < -0.39 is 0 Å². The summed E-state index contributed by atoms with van der Waals surface area (Å²) in [6.07, 6.45) is 2.17. The van der Waals surface area contributed by atoms with E-state index in [1.807, 2.05) is 11.3 Å². The maximum absolute atomic E-state index is 4.48. The first-order valence-corrected chi connectivity index (χ1v) is 8.67. The summed E-state index contributed by atoms with van der Waals surface area (Å²) in [5.74, 6) is 0. The van der Waals surface area contributed by atoms with Crippen molar-refractivity contribution in [2.75, 3.05) is 6.54 Å². The minimum atomic E-state index is 0.362. The Balaban J connectivity index is 2.21. The fraction of sp³-hybridized carbons (Fsp3) is 0.438. The largest absolute Gasteiger partial charge is 0.310 e. The molecule has 108 valence electrons. The van der Waals surface area contributed by atoms with Crippen molar-refractivity contribution in [2.45, 2.75) is 39.7 Å². The number of hydrogen-bond acceptors (Lipinski definition) is 3. The molecule has 0 bridgehead atoms. The van der Waals surface area contributed by atoms with Crippen LogP contribution in [-0.2, 0) is 6.42 Å². The lowest BCUT2D eigenvalue weighted by Crippen LogP contribution is -2.24. The molecule has 0 spiro atoms. The number of halogens is 1. The molecular weight excluding hydrogens is 332 g/mol. The molecule has 2 heterocycles. The molecule has 0 amide bonds. The van der Waals surface area contributed by atoms with Gasteiger partial charge in [0.1, 0.15) is 0 Å². The summed E-state index contributed by atoms with van der Waals surface area (Å²) in [7, 11) is 0. The molecular formula is C16H21BrN2S. The summed E-state index contributed by atoms with van der Waals surface area (Å²) in [5, 5.41) is 5.81. The molecule has 1 N–H and O–H groups in total. The SMILES string of the molecule is CCCNC(Cc1cc(Br)cs1)c1cc(C)nc(C)c1. The van der Waals surface area contributed by atoms with Crippen LogP contribution in [0.2, 0.25) is 0 Å². The van der Waals surface area contributed by atoms with Gasteiger partial charge in [0.2, 0.25) is 0 Å². The molecule has 1 atom stereocenters. The molecule has 2 nitrogen and oxygen atoms in total. The second kappa shape index (κ2) is 7.34. The Morgan fingerprint density at radius 2 is 1.95 bits per heavy atom. The van der Waals surface area contributed by atoms with Crippen LogP contribution < -0.4 is 5.32 Å². The molecule has 2 aromatic rings. The Labute approximate surface area is 133 Å². The number of rotatable bonds is 6. The predicted octanol–water partition coefficient (Wildman–Crippen LogP) is 4.81. The van der Waals surface area contributed by atoms with Gasteiger partial charge in [-0.05, 0) is 66.5 Å². The second-order valence-electron chi connectivity index (χ2n) is 5.13. The predicted molar refractivity (Wildman–Crippen MR) is 90.5 cm³/mol. The van der Waals surface area contributed by atoms with Crippen molar-refractivity contribution < 1.29 is 0 Å². The number of nitrogens with one attached hydrogen (secondary N) is 1. The molecule has 0 fully saturated rings. The molecule has 0 radical (unpaired) electrons. The minimum absolute atomic E-state index is 0.362. The Morgan fingerprint density at radius 1 is 1.25 bits per heavy atom. The van der Waals surface area contributed by atoms with Gasteiger partial charge in [0, 0.05) is 38.6 Å². The van der Waals surface area contributed by atoms with E-state index in [2.05, 4.69) is 70.6 Å². The van der Waals surface area contributed by atoms with Crippen LogP contribution in [0.4, 0.5) is 0 Å². The van der Waals surface area contributed by atoms with Crippen LogP contribution in [0.5, 0.6) is 0 Å². The summed E-state index contributed by atoms with van der Waals surface area (Å²) in [4.78, 5) is 5.88. The zero-order chi connectivity index (χ0) is 14.5. The number of nitrogens with zero attached hydrogens (tertiary/aromatic N) is 1. The standard InChI is InChI=1S/C16H21BrN2S/c1-4-5-18-16(9-15-8-14(17)10-20-15)13-6-11(2)19-12(3)7-13/h6-8,10,16,18H,4-5,9H2,1-3H3. The van der Waals surface area contributed by atoms with Crippen molar-refractivity contribution in [1.29, 1.82) is 0 Å². The fourth-order valence-corrected chi connectivity index (χ4v) is 3.85. The van der Waals surface area contributed by atoms with Crippen LogP contribution in [-0.4, -0.2) is 11.5 Å². The Kier molecular flexibility index (Phi) is 5.75. The van der Waals surface area contributed by atoms with E-state index in [0.717, 1.165) is 30.8 Å². The smallest absolute Gasteiger partial charge is 0.0379 e. The third-order valence-corrected chi connectivity index (χ3v) is 4.89. The molecule has 4 heteroatoms. The first-order chi connectivity index (χ1) is 9.58. The maximum Gasteiger partial charge on any atom is 0.0379 e. The van der Waals surface area contributed by atoms with E-state index in [4.69, 9.17) is 0 Å². The van der Waals surface area contributed by atoms with Crippen molar-refractivity contribution in [3.8, 4) is 0 Å². The summed E-state index contributed by atoms with van der Waals surface area (Å²) < 4.78 is 1.17. The van der Waals surface area contributed by atoms with E-state index in [1.54, 1.807) is 0 Å². The number of aryl methyl sites for hydroxylation is 2. The minimum Gasteiger partial charge on any atom is -0.310 e. The normalized spacial score (nSPS) is 12.6. The number of hydrogen-bond donors (Lipinski definition) is 1. The number of pyridine rings is 1. The first kappa shape index (κ1) is 15.7. The quantitative estimate of drug-likeness (QED) is 0.806. The van der Waals surface area contributed by atoms with Gasteiger partial charge < -0.3 is 5.32 Å². The molecule has 0 saturated carbocycles. The highest BCUT2D eigenvalue weighted by Gasteiger charge is 2.14. The van der Waals surface area contributed by atoms with E-state index >= 15 is 0 Å². The van der Waals surface area contributed by atoms with E-state index in [9.17, 15) is 0 Å². The topological polar surface area (TPSA) is 24.9 Å². The monoisotopic (exact) mass is 352 g/mol. The van der Waals surface area contributed by atoms with Crippen LogP contribution in [0.15, 0.2) is 28.1 Å². The van der Waals surface area contributed by atoms with Gasteiger partial charge in [-0.3, -0.25) is 4.98 Å². The molecule has 0 saturated heterocycles. The highest BCUT2D eigenvalue weighted by molar-refractivity contribution is 9.10. The Bertz CT molecular complexity index is 545. The summed E-state index contributed by atoms with van der Waals surface area (Å²) in [5.41, 5.74) is 3.53. The summed E-state index contributed by atoms with van der Waals surface area (Å²) >= 11 is 5.35. The lowest BCUT2D eigenvalue weighted by Gasteiger charge is -2.19. The van der Waals surface area contributed by atoms with Gasteiger partial charge in [-0.1, -0.05) is 6.92 Å². The van der Waals surface area contributed by atoms with Gasteiger partial charge in [-0.25, -0.2) is 0 Å². The van der Waals surface area contributed by atoms with Crippen molar-refractivity contribution in [3.63, 3.8) is 0 Å². The van der Waals surface area contributed by atoms with Gasteiger partial charge in [0.05, 0.1) is 0 Å². The lowest BCUT2D eigenvalue weighted by atomic mass is 10.0. The molecule has 0 aliphatic rings. The van der Waals surface area contributed by atoms with Crippen LogP contribution in [0.1, 0.15) is 41.2 Å². The third-order valence-electron chi connectivity index (χ3n) is 3.17. The third kappa shape index (κ3) is 4.40. The molecule has 20 heavy (non-hydrogen) atoms. The highest BCUT2D eigenvalue weighted by atomic mass is 79.9. The molecule has 1 unspecified atom stereocenters. The summed E-state index contributed by atoms with van der Waals surface area (Å²) in [6.45, 7) is 7.37. The average Bonchev–Trinajstić information content (AvgIpc) is 2.79. The zero-order valence-electron chi connectivity index (χ0n) is 12.2. The molecule has 0 aromatic carbocycles. The first-order valence-electron chi connectivity index (χ1n) is 7.00. The van der Waals surface area contributed by atoms with Gasteiger partial charge in [0.15, 0.2) is 0 Å². The fourth-order valence-electron chi connectivity index (χ4n) is 2.36. The van der Waals surface area contributed by atoms with Gasteiger partial charge in [-0.15, -0.1) is 11.3 Å². The maximum atomic E-state index is 4.48. The van der Waals surface area contributed by atoms with Crippen molar-refractivity contribution in [2.24, 2.45) is 0 Å². The number of aromatic nitrogens is 1. The molecule has 0 aliphatic carbocycles. The Hall–Kier alpha value is -0.710. The van der Waals surface area contributed by atoms with Crippen molar-refractivity contribution in [1.82, 2.24) is 10.3 Å². The molecule has 0 aliphatic heterocycles. The zero-order valence-corrected chi connectivity index (χ0v) is 14.6. The molecule has 2 aromatic heterocycles. The van der Waals surface area contributed by atoms with E-state index in [-0.39, 0.29) is 0 Å². The van der Waals surface area contributed by atoms with Crippen LogP contribution in [0.25, 0.3) is 0 Å². The number of thiophene rings is 1. The highest BCUT2D eigenvalue weighted by Crippen LogP contribution is 2.26. The molecule has 2 rings (SSSR count). The van der Waals surface area contributed by atoms with Gasteiger partial charge in [0.25, 0.3) is 0 Å². The Morgan fingerprint density at radius 3 is 2.50 bits per heavy atom. The van der Waals surface area contributed by atoms with Crippen molar-refractivity contribution >= 4 is 27.3 Å². The average molecular weight is 353 g/mol. The van der Waals surface area contributed by atoms with Crippen LogP contribution >= 0.6 is 27.3 Å². The second-order valence-corrected chi connectivity index (χ2v) is 7.04. The van der Waals surface area contributed by atoms with Gasteiger partial charge >= 0.3 is 0 Å².